The first-order valence-corrected chi connectivity index (χ1v) is 5.48. The summed E-state index contributed by atoms with van der Waals surface area (Å²) in [5.74, 6) is 0.0158. The van der Waals surface area contributed by atoms with Crippen LogP contribution in [0.3, 0.4) is 0 Å². The average Bonchev–Trinajstić information content (AvgIpc) is 2.80. The van der Waals surface area contributed by atoms with Gasteiger partial charge in [-0.25, -0.2) is 0 Å². The van der Waals surface area contributed by atoms with Gasteiger partial charge in [0, 0.05) is 6.42 Å². The molecule has 1 aliphatic carbocycles. The number of carboxylic acids is 1. The lowest BCUT2D eigenvalue weighted by atomic mass is 10.1. The van der Waals surface area contributed by atoms with Crippen LogP contribution in [0.4, 0.5) is 0 Å². The molecule has 0 aromatic rings. The summed E-state index contributed by atoms with van der Waals surface area (Å²) in [7, 11) is 0. The van der Waals surface area contributed by atoms with Gasteiger partial charge in [-0.3, -0.25) is 9.59 Å². The highest BCUT2D eigenvalue weighted by Gasteiger charge is 2.36. The standard InChI is InChI=1S/C9H16O2.C2H5NO2/c1-6(2)4-9(10)11-8-5-7(8)3;3-1-2(4)5/h6-8H,4-5H2,1-3H3;1,3H2,(H,4,5). The molecule has 1 saturated carbocycles. The normalized spacial score (nSPS) is 22.1. The van der Waals surface area contributed by atoms with Crippen molar-refractivity contribution in [3.8, 4) is 0 Å². The van der Waals surface area contributed by atoms with Gasteiger partial charge in [0.2, 0.25) is 0 Å². The van der Waals surface area contributed by atoms with E-state index in [1.54, 1.807) is 0 Å². The number of hydrogen-bond acceptors (Lipinski definition) is 4. The zero-order chi connectivity index (χ0) is 12.7. The predicted octanol–water partition coefficient (Wildman–Crippen LogP) is 1.01. The van der Waals surface area contributed by atoms with Crippen molar-refractivity contribution >= 4 is 11.9 Å². The fourth-order valence-corrected chi connectivity index (χ4v) is 1.00. The van der Waals surface area contributed by atoms with Crippen LogP contribution >= 0.6 is 0 Å². The lowest BCUT2D eigenvalue weighted by molar-refractivity contribution is -0.146. The van der Waals surface area contributed by atoms with Gasteiger partial charge in [-0.2, -0.15) is 0 Å². The maximum Gasteiger partial charge on any atom is 0.317 e. The monoisotopic (exact) mass is 231 g/mol. The van der Waals surface area contributed by atoms with Gasteiger partial charge in [0.1, 0.15) is 6.10 Å². The van der Waals surface area contributed by atoms with E-state index in [4.69, 9.17) is 9.84 Å². The number of nitrogens with two attached hydrogens (primary N) is 1. The van der Waals surface area contributed by atoms with E-state index < -0.39 is 5.97 Å². The van der Waals surface area contributed by atoms with E-state index in [1.807, 2.05) is 13.8 Å². The van der Waals surface area contributed by atoms with Crippen molar-refractivity contribution in [2.24, 2.45) is 17.6 Å². The Morgan fingerprint density at radius 2 is 1.94 bits per heavy atom. The van der Waals surface area contributed by atoms with Crippen molar-refractivity contribution in [2.45, 2.75) is 39.7 Å². The second kappa shape index (κ2) is 7.22. The molecule has 1 aliphatic rings. The number of aliphatic carboxylic acids is 1. The summed E-state index contributed by atoms with van der Waals surface area (Å²) in [5, 5.41) is 7.60. The molecule has 0 aliphatic heterocycles. The highest BCUT2D eigenvalue weighted by Crippen LogP contribution is 2.33. The maximum atomic E-state index is 11.0. The number of carbonyl (C=O) groups is 2. The van der Waals surface area contributed by atoms with E-state index in [-0.39, 0.29) is 18.6 Å². The number of rotatable bonds is 4. The molecule has 0 aromatic carbocycles. The minimum atomic E-state index is -0.968. The van der Waals surface area contributed by atoms with Crippen molar-refractivity contribution in [3.63, 3.8) is 0 Å². The Morgan fingerprint density at radius 1 is 1.50 bits per heavy atom. The molecular weight excluding hydrogens is 210 g/mol. The zero-order valence-corrected chi connectivity index (χ0v) is 10.1. The number of carbonyl (C=O) groups excluding carboxylic acids is 1. The maximum absolute atomic E-state index is 11.0. The Kier molecular flexibility index (Phi) is 6.72. The third kappa shape index (κ3) is 8.23. The Balaban J connectivity index is 0.000000385. The SMILES string of the molecule is CC(C)CC(=O)OC1CC1C.NCC(=O)O. The fraction of sp³-hybridized carbons (Fsp3) is 0.818. The van der Waals surface area contributed by atoms with E-state index in [2.05, 4.69) is 12.7 Å². The molecule has 1 fully saturated rings. The van der Waals surface area contributed by atoms with Crippen molar-refractivity contribution in [1.82, 2.24) is 0 Å². The van der Waals surface area contributed by atoms with Crippen LogP contribution in [0, 0.1) is 11.8 Å². The molecule has 2 atom stereocenters. The van der Waals surface area contributed by atoms with Gasteiger partial charge in [0.15, 0.2) is 0 Å². The van der Waals surface area contributed by atoms with E-state index in [1.165, 1.54) is 0 Å². The summed E-state index contributed by atoms with van der Waals surface area (Å²) in [6.45, 7) is 5.88. The first-order chi connectivity index (χ1) is 7.36. The van der Waals surface area contributed by atoms with Crippen molar-refractivity contribution in [1.29, 1.82) is 0 Å². The van der Waals surface area contributed by atoms with Crippen LogP contribution in [0.25, 0.3) is 0 Å². The Hall–Kier alpha value is -1.10. The largest absolute Gasteiger partial charge is 0.480 e. The van der Waals surface area contributed by atoms with E-state index in [0.717, 1.165) is 6.42 Å². The predicted molar refractivity (Wildman–Crippen MR) is 59.8 cm³/mol. The molecule has 5 heteroatoms. The second-order valence-corrected chi connectivity index (χ2v) is 4.44. The quantitative estimate of drug-likeness (QED) is 0.705. The fourth-order valence-electron chi connectivity index (χ4n) is 1.00. The zero-order valence-electron chi connectivity index (χ0n) is 10.1. The molecule has 0 aromatic heterocycles. The summed E-state index contributed by atoms with van der Waals surface area (Å²) >= 11 is 0. The minimum absolute atomic E-state index is 0.0330. The van der Waals surface area contributed by atoms with E-state index >= 15 is 0 Å². The number of esters is 1. The van der Waals surface area contributed by atoms with Gasteiger partial charge in [-0.1, -0.05) is 20.8 Å². The van der Waals surface area contributed by atoms with Crippen molar-refractivity contribution < 1.29 is 19.4 Å². The number of ether oxygens (including phenoxy) is 1. The first kappa shape index (κ1) is 14.9. The molecule has 2 unspecified atom stereocenters. The van der Waals surface area contributed by atoms with Crippen LogP contribution in [-0.2, 0) is 14.3 Å². The molecule has 0 saturated heterocycles. The molecule has 0 heterocycles. The summed E-state index contributed by atoms with van der Waals surface area (Å²) in [6, 6.07) is 0. The third-order valence-corrected chi connectivity index (χ3v) is 2.07. The molecule has 0 amide bonds. The summed E-state index contributed by atoms with van der Waals surface area (Å²) in [4.78, 5) is 20.3. The highest BCUT2D eigenvalue weighted by molar-refractivity contribution is 5.70. The van der Waals surface area contributed by atoms with Crippen LogP contribution in [0.2, 0.25) is 0 Å². The summed E-state index contributed by atoms with van der Waals surface area (Å²) < 4.78 is 5.15. The van der Waals surface area contributed by atoms with Crippen LogP contribution in [0.5, 0.6) is 0 Å². The summed E-state index contributed by atoms with van der Waals surface area (Å²) in [6.07, 6.45) is 1.86. The molecule has 94 valence electrons. The Morgan fingerprint density at radius 3 is 2.19 bits per heavy atom. The average molecular weight is 231 g/mol. The lowest BCUT2D eigenvalue weighted by Crippen LogP contribution is -2.10. The van der Waals surface area contributed by atoms with Crippen LogP contribution in [0.1, 0.15) is 33.6 Å². The minimum Gasteiger partial charge on any atom is -0.480 e. The van der Waals surface area contributed by atoms with Gasteiger partial charge >= 0.3 is 11.9 Å². The van der Waals surface area contributed by atoms with Gasteiger partial charge in [-0.15, -0.1) is 0 Å². The van der Waals surface area contributed by atoms with Crippen LogP contribution in [-0.4, -0.2) is 29.7 Å². The third-order valence-electron chi connectivity index (χ3n) is 2.07. The van der Waals surface area contributed by atoms with Gasteiger partial charge < -0.3 is 15.6 Å². The van der Waals surface area contributed by atoms with Crippen LogP contribution in [0.15, 0.2) is 0 Å². The van der Waals surface area contributed by atoms with E-state index in [0.29, 0.717) is 18.3 Å². The number of carboxylic acid groups (broad SMARTS) is 1. The Bertz CT molecular complexity index is 240. The molecule has 0 bridgehead atoms. The topological polar surface area (TPSA) is 89.6 Å². The van der Waals surface area contributed by atoms with Gasteiger partial charge in [0.05, 0.1) is 6.54 Å². The highest BCUT2D eigenvalue weighted by atomic mass is 16.5. The van der Waals surface area contributed by atoms with Crippen molar-refractivity contribution in [2.75, 3.05) is 6.54 Å². The van der Waals surface area contributed by atoms with Crippen molar-refractivity contribution in [3.05, 3.63) is 0 Å². The molecule has 3 N–H and O–H groups in total. The van der Waals surface area contributed by atoms with Crippen LogP contribution < -0.4 is 5.73 Å². The number of hydrogen-bond donors (Lipinski definition) is 2. The Labute approximate surface area is 96.0 Å². The van der Waals surface area contributed by atoms with E-state index in [9.17, 15) is 9.59 Å². The molecule has 0 spiro atoms. The molecule has 0 radical (unpaired) electrons. The first-order valence-electron chi connectivity index (χ1n) is 5.48. The second-order valence-electron chi connectivity index (χ2n) is 4.44. The summed E-state index contributed by atoms with van der Waals surface area (Å²) in [5.41, 5.74) is 4.57. The molecule has 16 heavy (non-hydrogen) atoms. The molecular formula is C11H21NO4. The van der Waals surface area contributed by atoms with Gasteiger partial charge in [0.25, 0.3) is 0 Å². The van der Waals surface area contributed by atoms with Gasteiger partial charge in [-0.05, 0) is 18.3 Å². The molecule has 1 rings (SSSR count). The smallest absolute Gasteiger partial charge is 0.317 e. The lowest BCUT2D eigenvalue weighted by Gasteiger charge is -2.04. The molecule has 5 nitrogen and oxygen atoms in total.